The van der Waals surface area contributed by atoms with Crippen LogP contribution in [0.2, 0.25) is 0 Å². The molecule has 1 heterocycles. The first-order chi connectivity index (χ1) is 7.91. The number of carbonyl (C=O) groups is 1. The average molecular weight is 297 g/mol. The molecule has 3 nitrogen and oxygen atoms in total. The minimum absolute atomic E-state index is 0.0278. The number of hydrogen-bond acceptors (Lipinski definition) is 2. The van der Waals surface area contributed by atoms with Crippen molar-refractivity contribution in [3.63, 3.8) is 0 Å². The standard InChI is InChI=1S/C13H13BrO3/c1-6(2)9-4-8(14)5-10-7(3)11(13(15)16)17-12(9)10/h4-6H,1-3H3,(H,15,16). The molecule has 0 saturated carbocycles. The number of halogens is 1. The lowest BCUT2D eigenvalue weighted by Crippen LogP contribution is -1.95. The van der Waals surface area contributed by atoms with Crippen molar-refractivity contribution in [3.05, 3.63) is 33.5 Å². The maximum atomic E-state index is 11.1. The Morgan fingerprint density at radius 3 is 2.59 bits per heavy atom. The summed E-state index contributed by atoms with van der Waals surface area (Å²) in [6.45, 7) is 5.88. The summed E-state index contributed by atoms with van der Waals surface area (Å²) in [5.74, 6) is -0.716. The number of aryl methyl sites for hydroxylation is 1. The van der Waals surface area contributed by atoms with Crippen LogP contribution in [0, 0.1) is 6.92 Å². The van der Waals surface area contributed by atoms with Crippen LogP contribution in [0.1, 0.15) is 41.4 Å². The lowest BCUT2D eigenvalue weighted by atomic mass is 10.00. The summed E-state index contributed by atoms with van der Waals surface area (Å²) >= 11 is 3.44. The predicted molar refractivity (Wildman–Crippen MR) is 69.7 cm³/mol. The third-order valence-electron chi connectivity index (χ3n) is 2.85. The van der Waals surface area contributed by atoms with Crippen LogP contribution >= 0.6 is 15.9 Å². The van der Waals surface area contributed by atoms with Gasteiger partial charge >= 0.3 is 5.97 Å². The Kier molecular flexibility index (Phi) is 3.00. The molecule has 0 atom stereocenters. The molecule has 2 aromatic rings. The smallest absolute Gasteiger partial charge is 0.372 e. The third-order valence-corrected chi connectivity index (χ3v) is 3.31. The Morgan fingerprint density at radius 1 is 1.41 bits per heavy atom. The Morgan fingerprint density at radius 2 is 2.06 bits per heavy atom. The maximum Gasteiger partial charge on any atom is 0.372 e. The molecule has 0 aliphatic heterocycles. The van der Waals surface area contributed by atoms with Crippen LogP contribution in [0.5, 0.6) is 0 Å². The van der Waals surface area contributed by atoms with Crippen LogP contribution in [0.25, 0.3) is 11.0 Å². The average Bonchev–Trinajstić information content (AvgIpc) is 2.55. The summed E-state index contributed by atoms with van der Waals surface area (Å²) in [7, 11) is 0. The number of benzene rings is 1. The van der Waals surface area contributed by atoms with Crippen LogP contribution in [-0.2, 0) is 0 Å². The van der Waals surface area contributed by atoms with Crippen LogP contribution in [0.15, 0.2) is 21.0 Å². The summed E-state index contributed by atoms with van der Waals surface area (Å²) < 4.78 is 6.43. The SMILES string of the molecule is Cc1c(C(=O)O)oc2c(C(C)C)cc(Br)cc12. The van der Waals surface area contributed by atoms with Crippen molar-refractivity contribution in [1.29, 1.82) is 0 Å². The molecule has 2 rings (SSSR count). The van der Waals surface area contributed by atoms with Crippen molar-refractivity contribution < 1.29 is 14.3 Å². The zero-order valence-electron chi connectivity index (χ0n) is 9.87. The highest BCUT2D eigenvalue weighted by atomic mass is 79.9. The van der Waals surface area contributed by atoms with Crippen LogP contribution in [0.3, 0.4) is 0 Å². The zero-order chi connectivity index (χ0) is 12.7. The normalized spacial score (nSPS) is 11.4. The number of hydrogen-bond donors (Lipinski definition) is 1. The second-order valence-corrected chi connectivity index (χ2v) is 5.30. The van der Waals surface area contributed by atoms with Crippen LogP contribution < -0.4 is 0 Å². The molecule has 0 unspecified atom stereocenters. The van der Waals surface area contributed by atoms with Crippen molar-refractivity contribution in [2.75, 3.05) is 0 Å². The van der Waals surface area contributed by atoms with Crippen molar-refractivity contribution >= 4 is 32.9 Å². The predicted octanol–water partition coefficient (Wildman–Crippen LogP) is 4.33. The first-order valence-corrected chi connectivity index (χ1v) is 6.17. The van der Waals surface area contributed by atoms with Crippen molar-refractivity contribution in [2.45, 2.75) is 26.7 Å². The van der Waals surface area contributed by atoms with Gasteiger partial charge in [0.25, 0.3) is 0 Å². The van der Waals surface area contributed by atoms with Crippen molar-refractivity contribution in [1.82, 2.24) is 0 Å². The van der Waals surface area contributed by atoms with Gasteiger partial charge in [-0.2, -0.15) is 0 Å². The molecule has 90 valence electrons. The van der Waals surface area contributed by atoms with Gasteiger partial charge in [-0.25, -0.2) is 4.79 Å². The van der Waals surface area contributed by atoms with E-state index in [1.165, 1.54) is 0 Å². The molecule has 0 amide bonds. The lowest BCUT2D eigenvalue weighted by molar-refractivity contribution is 0.0664. The highest BCUT2D eigenvalue weighted by molar-refractivity contribution is 9.10. The van der Waals surface area contributed by atoms with E-state index in [1.54, 1.807) is 6.92 Å². The largest absolute Gasteiger partial charge is 0.475 e. The number of carboxylic acid groups (broad SMARTS) is 1. The number of aromatic carboxylic acids is 1. The second kappa shape index (κ2) is 4.18. The van der Waals surface area contributed by atoms with E-state index in [0.717, 1.165) is 15.4 Å². The molecule has 4 heteroatoms. The fourth-order valence-electron chi connectivity index (χ4n) is 1.94. The Bertz CT molecular complexity index is 596. The minimum atomic E-state index is -1.02. The molecule has 0 radical (unpaired) electrons. The quantitative estimate of drug-likeness (QED) is 0.897. The lowest BCUT2D eigenvalue weighted by Gasteiger charge is -2.06. The van der Waals surface area contributed by atoms with Gasteiger partial charge in [-0.1, -0.05) is 29.8 Å². The number of fused-ring (bicyclic) bond motifs is 1. The number of furan rings is 1. The Balaban J connectivity index is 2.85. The highest BCUT2D eigenvalue weighted by Crippen LogP contribution is 2.34. The summed E-state index contributed by atoms with van der Waals surface area (Å²) in [6, 6.07) is 3.87. The molecule has 1 aromatic heterocycles. The van der Waals surface area contributed by atoms with Crippen molar-refractivity contribution in [2.24, 2.45) is 0 Å². The Hall–Kier alpha value is -1.29. The van der Waals surface area contributed by atoms with E-state index < -0.39 is 5.97 Å². The summed E-state index contributed by atoms with van der Waals surface area (Å²) in [6.07, 6.45) is 0. The first-order valence-electron chi connectivity index (χ1n) is 5.37. The fraction of sp³-hybridized carbons (Fsp3) is 0.308. The van der Waals surface area contributed by atoms with Gasteiger partial charge in [0.1, 0.15) is 5.58 Å². The van der Waals surface area contributed by atoms with Crippen LogP contribution in [-0.4, -0.2) is 11.1 Å². The molecule has 1 N–H and O–H groups in total. The Labute approximate surface area is 108 Å². The summed E-state index contributed by atoms with van der Waals surface area (Å²) in [4.78, 5) is 11.1. The zero-order valence-corrected chi connectivity index (χ0v) is 11.5. The van der Waals surface area contributed by atoms with Gasteiger partial charge in [0, 0.05) is 15.4 Å². The van der Waals surface area contributed by atoms with E-state index in [1.807, 2.05) is 12.1 Å². The molecule has 0 aliphatic rings. The molecule has 0 spiro atoms. The monoisotopic (exact) mass is 296 g/mol. The van der Waals surface area contributed by atoms with Crippen LogP contribution in [0.4, 0.5) is 0 Å². The molecule has 1 aromatic carbocycles. The van der Waals surface area contributed by atoms with Crippen molar-refractivity contribution in [3.8, 4) is 0 Å². The van der Waals surface area contributed by atoms with E-state index in [4.69, 9.17) is 9.52 Å². The first kappa shape index (κ1) is 12.2. The molecule has 0 bridgehead atoms. The van der Waals surface area contributed by atoms with Gasteiger partial charge in [0.2, 0.25) is 5.76 Å². The number of carboxylic acids is 1. The molecule has 0 fully saturated rings. The molecular weight excluding hydrogens is 284 g/mol. The van der Waals surface area contributed by atoms with E-state index in [2.05, 4.69) is 29.8 Å². The summed E-state index contributed by atoms with van der Waals surface area (Å²) in [5, 5.41) is 9.92. The second-order valence-electron chi connectivity index (χ2n) is 4.39. The summed E-state index contributed by atoms with van der Waals surface area (Å²) in [5.41, 5.74) is 2.37. The highest BCUT2D eigenvalue weighted by Gasteiger charge is 2.20. The van der Waals surface area contributed by atoms with Gasteiger partial charge in [-0.05, 0) is 30.5 Å². The van der Waals surface area contributed by atoms with Gasteiger partial charge in [-0.3, -0.25) is 0 Å². The molecule has 0 aliphatic carbocycles. The maximum absolute atomic E-state index is 11.1. The van der Waals surface area contributed by atoms with E-state index >= 15 is 0 Å². The molecule has 17 heavy (non-hydrogen) atoms. The van der Waals surface area contributed by atoms with E-state index in [9.17, 15) is 4.79 Å². The topological polar surface area (TPSA) is 50.4 Å². The van der Waals surface area contributed by atoms with Gasteiger partial charge in [-0.15, -0.1) is 0 Å². The third kappa shape index (κ3) is 1.97. The van der Waals surface area contributed by atoms with Gasteiger partial charge in [0.15, 0.2) is 0 Å². The molecule has 0 saturated heterocycles. The minimum Gasteiger partial charge on any atom is -0.475 e. The van der Waals surface area contributed by atoms with Gasteiger partial charge < -0.3 is 9.52 Å². The molecular formula is C13H13BrO3. The fourth-order valence-corrected chi connectivity index (χ4v) is 2.42. The van der Waals surface area contributed by atoms with E-state index in [-0.39, 0.29) is 11.7 Å². The van der Waals surface area contributed by atoms with Gasteiger partial charge in [0.05, 0.1) is 0 Å². The number of rotatable bonds is 2. The van der Waals surface area contributed by atoms with E-state index in [0.29, 0.717) is 11.1 Å².